The van der Waals surface area contributed by atoms with Crippen LogP contribution in [0.5, 0.6) is 0 Å². The van der Waals surface area contributed by atoms with Crippen LogP contribution in [0.3, 0.4) is 0 Å². The van der Waals surface area contributed by atoms with E-state index in [0.717, 1.165) is 31.7 Å². The number of likely N-dealkylation sites (tertiary alicyclic amines) is 1. The van der Waals surface area contributed by atoms with E-state index in [1.165, 1.54) is 24.3 Å². The third-order valence-electron chi connectivity index (χ3n) is 5.51. The first-order valence-electron chi connectivity index (χ1n) is 9.93. The molecule has 1 aliphatic rings. The molecule has 2 aromatic heterocycles. The van der Waals surface area contributed by atoms with Crippen LogP contribution < -0.4 is 0 Å². The van der Waals surface area contributed by atoms with Crippen molar-refractivity contribution in [3.63, 3.8) is 0 Å². The fourth-order valence-electron chi connectivity index (χ4n) is 3.92. The lowest BCUT2D eigenvalue weighted by atomic mass is 9.99. The van der Waals surface area contributed by atoms with Crippen molar-refractivity contribution in [2.45, 2.75) is 44.8 Å². The SMILES string of the molecule is CC[C@@H]1CCCCN1C(=O)c1cc2nc(-c3ccc(Cl)c(Cl)c3)cc(C(F)(F)F)n2n1. The lowest BCUT2D eigenvalue weighted by molar-refractivity contribution is -0.142. The maximum absolute atomic E-state index is 13.8. The van der Waals surface area contributed by atoms with Crippen molar-refractivity contribution in [2.24, 2.45) is 0 Å². The summed E-state index contributed by atoms with van der Waals surface area (Å²) in [4.78, 5) is 19.1. The van der Waals surface area contributed by atoms with E-state index in [9.17, 15) is 18.0 Å². The van der Waals surface area contributed by atoms with E-state index in [2.05, 4.69) is 10.1 Å². The van der Waals surface area contributed by atoms with Gasteiger partial charge in [0.15, 0.2) is 17.0 Å². The number of halogens is 5. The van der Waals surface area contributed by atoms with Gasteiger partial charge in [0, 0.05) is 24.2 Å². The number of alkyl halides is 3. The van der Waals surface area contributed by atoms with Gasteiger partial charge in [-0.1, -0.05) is 36.2 Å². The molecule has 0 radical (unpaired) electrons. The molecule has 1 saturated heterocycles. The minimum absolute atomic E-state index is 0.0513. The molecule has 0 aliphatic carbocycles. The fourth-order valence-corrected chi connectivity index (χ4v) is 4.22. The number of carbonyl (C=O) groups excluding carboxylic acids is 1. The van der Waals surface area contributed by atoms with Crippen LogP contribution in [-0.4, -0.2) is 38.0 Å². The predicted octanol–water partition coefficient (Wildman–Crippen LogP) is 6.13. The molecule has 4 rings (SSSR count). The third-order valence-corrected chi connectivity index (χ3v) is 6.25. The highest BCUT2D eigenvalue weighted by Crippen LogP contribution is 2.34. The van der Waals surface area contributed by atoms with Gasteiger partial charge in [-0.3, -0.25) is 4.79 Å². The number of fused-ring (bicyclic) bond motifs is 1. The Balaban J connectivity index is 1.82. The average Bonchev–Trinajstić information content (AvgIpc) is 3.17. The standard InChI is InChI=1S/C21H19Cl2F3N4O/c1-2-13-5-3-4-8-29(13)20(31)17-11-19-27-16(12-6-7-14(22)15(23)9-12)10-18(21(24,25)26)30(19)28-17/h6-7,9-11,13H,2-5,8H2,1H3/t13-/m1/s1. The molecule has 1 amide bonds. The quantitative estimate of drug-likeness (QED) is 0.462. The Bertz CT molecular complexity index is 1150. The van der Waals surface area contributed by atoms with Crippen molar-refractivity contribution in [3.05, 3.63) is 51.8 Å². The first-order chi connectivity index (χ1) is 14.7. The van der Waals surface area contributed by atoms with Crippen LogP contribution >= 0.6 is 23.2 Å². The summed E-state index contributed by atoms with van der Waals surface area (Å²) in [5.74, 6) is -0.374. The van der Waals surface area contributed by atoms with Gasteiger partial charge in [-0.2, -0.15) is 18.3 Å². The lowest BCUT2D eigenvalue weighted by Crippen LogP contribution is -2.43. The highest BCUT2D eigenvalue weighted by atomic mass is 35.5. The van der Waals surface area contributed by atoms with Crippen molar-refractivity contribution in [2.75, 3.05) is 6.54 Å². The molecule has 3 heterocycles. The van der Waals surface area contributed by atoms with Gasteiger partial charge < -0.3 is 4.90 Å². The zero-order chi connectivity index (χ0) is 22.3. The second-order valence-corrected chi connectivity index (χ2v) is 8.32. The minimum Gasteiger partial charge on any atom is -0.334 e. The summed E-state index contributed by atoms with van der Waals surface area (Å²) in [6, 6.07) is 6.74. The van der Waals surface area contributed by atoms with Gasteiger partial charge in [-0.25, -0.2) is 9.50 Å². The molecule has 10 heteroatoms. The van der Waals surface area contributed by atoms with Gasteiger partial charge in [0.1, 0.15) is 0 Å². The molecule has 5 nitrogen and oxygen atoms in total. The molecule has 1 aromatic carbocycles. The maximum Gasteiger partial charge on any atom is 0.433 e. The van der Waals surface area contributed by atoms with Gasteiger partial charge in [0.2, 0.25) is 0 Å². The maximum atomic E-state index is 13.8. The molecule has 0 spiro atoms. The molecule has 31 heavy (non-hydrogen) atoms. The Labute approximate surface area is 186 Å². The van der Waals surface area contributed by atoms with Crippen molar-refractivity contribution in [3.8, 4) is 11.3 Å². The van der Waals surface area contributed by atoms with E-state index in [1.807, 2.05) is 6.92 Å². The predicted molar refractivity (Wildman–Crippen MR) is 112 cm³/mol. The van der Waals surface area contributed by atoms with Gasteiger partial charge in [-0.15, -0.1) is 0 Å². The largest absolute Gasteiger partial charge is 0.433 e. The molecule has 1 fully saturated rings. The first kappa shape index (κ1) is 21.9. The first-order valence-corrected chi connectivity index (χ1v) is 10.7. The van der Waals surface area contributed by atoms with Crippen LogP contribution in [0.2, 0.25) is 10.0 Å². The van der Waals surface area contributed by atoms with E-state index in [0.29, 0.717) is 16.6 Å². The molecular weight excluding hydrogens is 452 g/mol. The normalized spacial score (nSPS) is 17.4. The van der Waals surface area contributed by atoms with Gasteiger partial charge in [0.05, 0.1) is 15.7 Å². The lowest BCUT2D eigenvalue weighted by Gasteiger charge is -2.34. The number of aromatic nitrogens is 3. The molecule has 0 saturated carbocycles. The topological polar surface area (TPSA) is 50.5 Å². The second-order valence-electron chi connectivity index (χ2n) is 7.51. The van der Waals surface area contributed by atoms with Gasteiger partial charge in [-0.05, 0) is 43.9 Å². The number of amides is 1. The van der Waals surface area contributed by atoms with E-state index >= 15 is 0 Å². The highest BCUT2D eigenvalue weighted by molar-refractivity contribution is 6.42. The Morgan fingerprint density at radius 1 is 1.16 bits per heavy atom. The van der Waals surface area contributed by atoms with E-state index in [-0.39, 0.29) is 39.0 Å². The number of benzene rings is 1. The molecule has 1 aliphatic heterocycles. The zero-order valence-electron chi connectivity index (χ0n) is 16.6. The monoisotopic (exact) mass is 470 g/mol. The number of piperidine rings is 1. The van der Waals surface area contributed by atoms with E-state index < -0.39 is 11.9 Å². The highest BCUT2D eigenvalue weighted by Gasteiger charge is 2.36. The summed E-state index contributed by atoms with van der Waals surface area (Å²) in [6.45, 7) is 2.56. The van der Waals surface area contributed by atoms with Gasteiger partial charge in [0.25, 0.3) is 5.91 Å². The Morgan fingerprint density at radius 3 is 2.61 bits per heavy atom. The van der Waals surface area contributed by atoms with Crippen LogP contribution in [0.1, 0.15) is 48.8 Å². The smallest absolute Gasteiger partial charge is 0.334 e. The summed E-state index contributed by atoms with van der Waals surface area (Å²) in [5, 5.41) is 4.47. The van der Waals surface area contributed by atoms with E-state index in [1.54, 1.807) is 4.90 Å². The average molecular weight is 471 g/mol. The Kier molecular flexibility index (Phi) is 5.87. The summed E-state index contributed by atoms with van der Waals surface area (Å²) in [6.07, 6.45) is -1.14. The Morgan fingerprint density at radius 2 is 1.94 bits per heavy atom. The summed E-state index contributed by atoms with van der Waals surface area (Å²) >= 11 is 11.9. The second kappa shape index (κ2) is 8.31. The number of hydrogen-bond donors (Lipinski definition) is 0. The van der Waals surface area contributed by atoms with Crippen LogP contribution in [0.15, 0.2) is 30.3 Å². The Hall–Kier alpha value is -2.32. The zero-order valence-corrected chi connectivity index (χ0v) is 18.1. The van der Waals surface area contributed by atoms with Crippen molar-refractivity contribution in [1.29, 1.82) is 0 Å². The van der Waals surface area contributed by atoms with Crippen molar-refractivity contribution >= 4 is 34.8 Å². The molecule has 0 unspecified atom stereocenters. The molecule has 164 valence electrons. The minimum atomic E-state index is -4.70. The number of carbonyl (C=O) groups is 1. The van der Waals surface area contributed by atoms with Crippen LogP contribution in [0.4, 0.5) is 13.2 Å². The number of hydrogen-bond acceptors (Lipinski definition) is 3. The fraction of sp³-hybridized carbons (Fsp3) is 0.381. The summed E-state index contributed by atoms with van der Waals surface area (Å²) in [7, 11) is 0. The van der Waals surface area contributed by atoms with Gasteiger partial charge >= 0.3 is 6.18 Å². The van der Waals surface area contributed by atoms with Crippen LogP contribution in [-0.2, 0) is 6.18 Å². The molecule has 0 N–H and O–H groups in total. The van der Waals surface area contributed by atoms with Crippen molar-refractivity contribution in [1.82, 2.24) is 19.5 Å². The third kappa shape index (κ3) is 4.23. The van der Waals surface area contributed by atoms with Crippen molar-refractivity contribution < 1.29 is 18.0 Å². The van der Waals surface area contributed by atoms with E-state index in [4.69, 9.17) is 23.2 Å². The molecule has 1 atom stereocenters. The van der Waals surface area contributed by atoms with Crippen LogP contribution in [0, 0.1) is 0 Å². The summed E-state index contributed by atoms with van der Waals surface area (Å²) < 4.78 is 42.1. The molecule has 0 bridgehead atoms. The molecular formula is C21H19Cl2F3N4O. The number of rotatable bonds is 3. The molecule has 3 aromatic rings. The van der Waals surface area contributed by atoms with Crippen LogP contribution in [0.25, 0.3) is 16.9 Å². The number of nitrogens with zero attached hydrogens (tertiary/aromatic N) is 4. The summed E-state index contributed by atoms with van der Waals surface area (Å²) in [5.41, 5.74) is -0.711.